The Bertz CT molecular complexity index is 878. The number of hydrogen-bond acceptors (Lipinski definition) is 3. The first-order valence-corrected chi connectivity index (χ1v) is 11.4. The van der Waals surface area contributed by atoms with Gasteiger partial charge in [0.1, 0.15) is 0 Å². The highest BCUT2D eigenvalue weighted by Crippen LogP contribution is 2.50. The Morgan fingerprint density at radius 2 is 1.87 bits per heavy atom. The Kier molecular flexibility index (Phi) is 6.38. The maximum absolute atomic E-state index is 13.2. The van der Waals surface area contributed by atoms with E-state index in [9.17, 15) is 13.2 Å². The van der Waals surface area contributed by atoms with Crippen molar-refractivity contribution in [1.29, 1.82) is 0 Å². The molecule has 2 aromatic rings. The molecule has 1 atom stereocenters. The van der Waals surface area contributed by atoms with Crippen LogP contribution in [0.5, 0.6) is 0 Å². The van der Waals surface area contributed by atoms with E-state index in [1.807, 2.05) is 12.3 Å². The van der Waals surface area contributed by atoms with Crippen molar-refractivity contribution < 1.29 is 17.9 Å². The molecule has 0 N–H and O–H groups in total. The molecule has 6 heteroatoms. The molecule has 3 heterocycles. The van der Waals surface area contributed by atoms with Crippen molar-refractivity contribution in [3.63, 3.8) is 0 Å². The van der Waals surface area contributed by atoms with Crippen LogP contribution in [0.2, 0.25) is 0 Å². The molecule has 1 saturated heterocycles. The average Bonchev–Trinajstić information content (AvgIpc) is 3.19. The van der Waals surface area contributed by atoms with Crippen LogP contribution in [0, 0.1) is 6.92 Å². The lowest BCUT2D eigenvalue weighted by Crippen LogP contribution is -2.46. The molecule has 1 aliphatic carbocycles. The number of hydrogen-bond donors (Lipinski definition) is 0. The minimum absolute atomic E-state index is 0.00743. The highest BCUT2D eigenvalue weighted by Gasteiger charge is 2.48. The minimum atomic E-state index is -4.35. The van der Waals surface area contributed by atoms with Crippen LogP contribution in [-0.2, 0) is 22.7 Å². The number of rotatable bonds is 6. The van der Waals surface area contributed by atoms with Gasteiger partial charge in [-0.05, 0) is 75.6 Å². The van der Waals surface area contributed by atoms with E-state index in [0.29, 0.717) is 12.0 Å². The van der Waals surface area contributed by atoms with Crippen LogP contribution >= 0.6 is 0 Å². The predicted molar refractivity (Wildman–Crippen MR) is 114 cm³/mol. The molecule has 2 aliphatic rings. The summed E-state index contributed by atoms with van der Waals surface area (Å²) in [5.41, 5.74) is 1.19. The molecule has 0 amide bonds. The van der Waals surface area contributed by atoms with Gasteiger partial charge in [-0.15, -0.1) is 0 Å². The topological polar surface area (TPSA) is 35.0 Å². The quantitative estimate of drug-likeness (QED) is 0.484. The molecule has 1 aliphatic heterocycles. The highest BCUT2D eigenvalue weighted by molar-refractivity contribution is 5.27. The summed E-state index contributed by atoms with van der Waals surface area (Å²) < 4.78 is 45.8. The molecule has 1 unspecified atom stereocenters. The maximum Gasteiger partial charge on any atom is 0.418 e. The second-order valence-corrected chi connectivity index (χ2v) is 9.34. The summed E-state index contributed by atoms with van der Waals surface area (Å²) in [6.45, 7) is 2.17. The molecule has 4 rings (SSSR count). The first-order chi connectivity index (χ1) is 14.8. The van der Waals surface area contributed by atoms with Gasteiger partial charge in [0.15, 0.2) is 0 Å². The Morgan fingerprint density at radius 1 is 1.06 bits per heavy atom. The van der Waals surface area contributed by atoms with Crippen molar-refractivity contribution in [2.75, 3.05) is 6.61 Å². The molecule has 0 radical (unpaired) electrons. The number of unbranched alkanes of at least 4 members (excludes halogenated alkanes) is 1. The summed E-state index contributed by atoms with van der Waals surface area (Å²) in [4.78, 5) is 8.70. The van der Waals surface area contributed by atoms with Gasteiger partial charge in [-0.25, -0.2) is 0 Å². The van der Waals surface area contributed by atoms with Gasteiger partial charge >= 0.3 is 6.18 Å². The molecule has 0 bridgehead atoms. The van der Waals surface area contributed by atoms with Gasteiger partial charge in [0.2, 0.25) is 0 Å². The first kappa shape index (κ1) is 22.3. The van der Waals surface area contributed by atoms with Gasteiger partial charge < -0.3 is 4.74 Å². The van der Waals surface area contributed by atoms with Gasteiger partial charge in [-0.1, -0.05) is 25.3 Å². The molecule has 1 spiro atoms. The van der Waals surface area contributed by atoms with Gasteiger partial charge in [0.05, 0.1) is 11.2 Å². The Balaban J connectivity index is 1.44. The zero-order chi connectivity index (χ0) is 22.0. The van der Waals surface area contributed by atoms with E-state index in [0.717, 1.165) is 57.2 Å². The van der Waals surface area contributed by atoms with E-state index in [1.165, 1.54) is 25.8 Å². The third-order valence-electron chi connectivity index (χ3n) is 7.19. The van der Waals surface area contributed by atoms with Crippen LogP contribution in [0.3, 0.4) is 0 Å². The van der Waals surface area contributed by atoms with Crippen LogP contribution in [0.1, 0.15) is 80.3 Å². The number of aryl methyl sites for hydroxylation is 2. The number of nitrogens with zero attached hydrogens (tertiary/aromatic N) is 2. The summed E-state index contributed by atoms with van der Waals surface area (Å²) in [5.74, 6) is 0. The van der Waals surface area contributed by atoms with Crippen molar-refractivity contribution in [1.82, 2.24) is 9.97 Å². The molecule has 2 aromatic heterocycles. The molecular formula is C25H31F3N2O. The number of pyridine rings is 2. The lowest BCUT2D eigenvalue weighted by molar-refractivity contribution is -0.138. The van der Waals surface area contributed by atoms with Crippen LogP contribution in [0.15, 0.2) is 36.7 Å². The molecular weight excluding hydrogens is 401 g/mol. The van der Waals surface area contributed by atoms with E-state index >= 15 is 0 Å². The van der Waals surface area contributed by atoms with Crippen molar-refractivity contribution in [2.45, 2.75) is 88.3 Å². The van der Waals surface area contributed by atoms with E-state index in [1.54, 1.807) is 6.20 Å². The van der Waals surface area contributed by atoms with Crippen LogP contribution in [0.25, 0.3) is 0 Å². The normalized spacial score (nSPS) is 23.4. The third kappa shape index (κ3) is 4.94. The fraction of sp³-hybridized carbons (Fsp3) is 0.600. The largest absolute Gasteiger partial charge is 0.418 e. The number of halogens is 3. The molecule has 0 aromatic carbocycles. The first-order valence-electron chi connectivity index (χ1n) is 11.4. The molecule has 2 fully saturated rings. The molecule has 168 valence electrons. The summed E-state index contributed by atoms with van der Waals surface area (Å²) in [6.07, 6.45) is 9.12. The molecule has 1 saturated carbocycles. The summed E-state index contributed by atoms with van der Waals surface area (Å²) in [6, 6.07) is 7.40. The van der Waals surface area contributed by atoms with Crippen LogP contribution < -0.4 is 0 Å². The van der Waals surface area contributed by atoms with Crippen molar-refractivity contribution in [3.8, 4) is 0 Å². The Labute approximate surface area is 182 Å². The lowest BCUT2D eigenvalue weighted by Gasteiger charge is -2.46. The smallest absolute Gasteiger partial charge is 0.375 e. The standard InChI is InChI=1S/C25H31F3N2O/c1-19-21(25(26,27)28)16-20(17-30-19)8-2-4-10-23(22-9-3-7-14-29-22)13-15-31-24(18-23)11-5-6-12-24/h3,7,9,14,16-17H,2,4-6,8,10-13,15,18H2,1H3. The van der Waals surface area contributed by atoms with E-state index < -0.39 is 11.7 Å². The number of aromatic nitrogens is 2. The Morgan fingerprint density at radius 3 is 2.58 bits per heavy atom. The number of ether oxygens (including phenoxy) is 1. The van der Waals surface area contributed by atoms with Gasteiger partial charge in [-0.3, -0.25) is 9.97 Å². The third-order valence-corrected chi connectivity index (χ3v) is 7.19. The summed E-state index contributed by atoms with van der Waals surface area (Å²) >= 11 is 0. The van der Waals surface area contributed by atoms with E-state index in [-0.39, 0.29) is 16.7 Å². The minimum Gasteiger partial charge on any atom is -0.375 e. The predicted octanol–water partition coefficient (Wildman–Crippen LogP) is 6.58. The van der Waals surface area contributed by atoms with Gasteiger partial charge in [0, 0.05) is 35.8 Å². The summed E-state index contributed by atoms with van der Waals surface area (Å²) in [5, 5.41) is 0. The summed E-state index contributed by atoms with van der Waals surface area (Å²) in [7, 11) is 0. The van der Waals surface area contributed by atoms with Crippen molar-refractivity contribution in [3.05, 3.63) is 59.2 Å². The SMILES string of the molecule is Cc1ncc(CCCCC2(c3ccccn3)CCOC3(CCCC3)C2)cc1C(F)(F)F. The monoisotopic (exact) mass is 432 g/mol. The van der Waals surface area contributed by atoms with Crippen molar-refractivity contribution >= 4 is 0 Å². The number of alkyl halides is 3. The second-order valence-electron chi connectivity index (χ2n) is 9.34. The Hall–Kier alpha value is -1.95. The van der Waals surface area contributed by atoms with Crippen LogP contribution in [0.4, 0.5) is 13.2 Å². The average molecular weight is 433 g/mol. The zero-order valence-electron chi connectivity index (χ0n) is 18.2. The molecule has 31 heavy (non-hydrogen) atoms. The van der Waals surface area contributed by atoms with Gasteiger partial charge in [-0.2, -0.15) is 13.2 Å². The zero-order valence-corrected chi connectivity index (χ0v) is 18.2. The lowest BCUT2D eigenvalue weighted by atomic mass is 9.67. The van der Waals surface area contributed by atoms with E-state index in [2.05, 4.69) is 17.1 Å². The molecule has 3 nitrogen and oxygen atoms in total. The maximum atomic E-state index is 13.2. The van der Waals surface area contributed by atoms with Crippen molar-refractivity contribution in [2.24, 2.45) is 0 Å². The fourth-order valence-electron chi connectivity index (χ4n) is 5.59. The highest BCUT2D eigenvalue weighted by atomic mass is 19.4. The second kappa shape index (κ2) is 8.89. The van der Waals surface area contributed by atoms with E-state index in [4.69, 9.17) is 9.72 Å². The van der Waals surface area contributed by atoms with Gasteiger partial charge in [0.25, 0.3) is 0 Å². The fourth-order valence-corrected chi connectivity index (χ4v) is 5.59. The van der Waals surface area contributed by atoms with Crippen LogP contribution in [-0.4, -0.2) is 22.2 Å².